The second-order valence-corrected chi connectivity index (χ2v) is 6.33. The number of rotatable bonds is 2. The molecule has 0 bridgehead atoms. The summed E-state index contributed by atoms with van der Waals surface area (Å²) in [6.45, 7) is 0. The molecule has 0 aliphatic carbocycles. The topological polar surface area (TPSA) is 69.4 Å². The van der Waals surface area contributed by atoms with Crippen molar-refractivity contribution < 1.29 is 13.2 Å². The lowest BCUT2D eigenvalue weighted by atomic mass is 10.1. The lowest BCUT2D eigenvalue weighted by molar-refractivity contribution is 0.413. The molecule has 2 aromatic rings. The third-order valence-electron chi connectivity index (χ3n) is 3.32. The van der Waals surface area contributed by atoms with Crippen LogP contribution in [0.15, 0.2) is 53.4 Å². The van der Waals surface area contributed by atoms with Crippen LogP contribution in [0.1, 0.15) is 11.1 Å². The molecule has 0 atom stereocenters. The van der Waals surface area contributed by atoms with Crippen molar-refractivity contribution in [3.8, 4) is 5.75 Å². The molecule has 3 rings (SSSR count). The lowest BCUT2D eigenvalue weighted by Crippen LogP contribution is -2.01. The summed E-state index contributed by atoms with van der Waals surface area (Å²) in [6, 6.07) is 13.8. The number of hydrogen-bond donors (Lipinski definition) is 1. The van der Waals surface area contributed by atoms with Gasteiger partial charge in [-0.15, -0.1) is 0 Å². The number of hydrogen-bond acceptors (Lipinski definition) is 4. The Morgan fingerprint density at radius 3 is 2.40 bits per heavy atom. The number of ether oxygens (including phenoxy) is 1. The molecule has 4 nitrogen and oxygen atoms in total. The van der Waals surface area contributed by atoms with Gasteiger partial charge >= 0.3 is 0 Å². The van der Waals surface area contributed by atoms with Crippen molar-refractivity contribution in [3.63, 3.8) is 0 Å². The monoisotopic (exact) mass is 287 g/mol. The molecule has 1 aliphatic rings. The van der Waals surface area contributed by atoms with Gasteiger partial charge in [-0.05, 0) is 23.8 Å². The van der Waals surface area contributed by atoms with Crippen LogP contribution in [0.4, 0.5) is 0 Å². The Morgan fingerprint density at radius 1 is 1.05 bits per heavy atom. The third kappa shape index (κ3) is 1.71. The summed E-state index contributed by atoms with van der Waals surface area (Å²) in [5, 5.41) is 0. The fraction of sp³-hybridized carbons (Fsp3) is 0.0667. The zero-order chi connectivity index (χ0) is 14.3. The van der Waals surface area contributed by atoms with Gasteiger partial charge in [-0.1, -0.05) is 30.3 Å². The predicted octanol–water partition coefficient (Wildman–Crippen LogP) is 2.27. The highest BCUT2D eigenvalue weighted by Crippen LogP contribution is 2.43. The van der Waals surface area contributed by atoms with Crippen LogP contribution in [0.25, 0.3) is 10.6 Å². The van der Waals surface area contributed by atoms with Crippen LogP contribution < -0.4 is 10.5 Å². The van der Waals surface area contributed by atoms with Gasteiger partial charge in [0.2, 0.25) is 9.84 Å². The van der Waals surface area contributed by atoms with Crippen molar-refractivity contribution in [3.05, 3.63) is 59.7 Å². The van der Waals surface area contributed by atoms with Crippen molar-refractivity contribution in [2.75, 3.05) is 7.11 Å². The molecule has 1 aliphatic heterocycles. The number of sulfone groups is 1. The van der Waals surface area contributed by atoms with Crippen LogP contribution in [-0.2, 0) is 9.84 Å². The van der Waals surface area contributed by atoms with Crippen LogP contribution in [-0.4, -0.2) is 15.5 Å². The van der Waals surface area contributed by atoms with E-state index in [9.17, 15) is 8.42 Å². The average Bonchev–Trinajstić information content (AvgIpc) is 2.66. The van der Waals surface area contributed by atoms with Crippen molar-refractivity contribution in [1.29, 1.82) is 0 Å². The molecule has 5 heteroatoms. The summed E-state index contributed by atoms with van der Waals surface area (Å²) >= 11 is 0. The molecule has 0 fully saturated rings. The number of benzene rings is 2. The Labute approximate surface area is 117 Å². The maximum atomic E-state index is 12.7. The Balaban J connectivity index is 2.28. The van der Waals surface area contributed by atoms with Crippen LogP contribution in [0.3, 0.4) is 0 Å². The van der Waals surface area contributed by atoms with E-state index in [1.807, 2.05) is 6.07 Å². The number of methoxy groups -OCH3 is 1. The van der Waals surface area contributed by atoms with Gasteiger partial charge in [0.15, 0.2) is 0 Å². The minimum Gasteiger partial charge on any atom is -0.497 e. The molecule has 0 unspecified atom stereocenters. The zero-order valence-corrected chi connectivity index (χ0v) is 11.6. The van der Waals surface area contributed by atoms with Crippen molar-refractivity contribution in [1.82, 2.24) is 0 Å². The molecule has 20 heavy (non-hydrogen) atoms. The quantitative estimate of drug-likeness (QED) is 0.920. The highest BCUT2D eigenvalue weighted by Gasteiger charge is 2.35. The van der Waals surface area contributed by atoms with E-state index in [1.165, 1.54) is 13.2 Å². The van der Waals surface area contributed by atoms with E-state index in [4.69, 9.17) is 10.5 Å². The van der Waals surface area contributed by atoms with E-state index in [1.54, 1.807) is 36.4 Å². The first kappa shape index (κ1) is 12.7. The molecule has 0 radical (unpaired) electrons. The maximum absolute atomic E-state index is 12.7. The second kappa shape index (κ2) is 4.38. The first-order valence-electron chi connectivity index (χ1n) is 6.04. The van der Waals surface area contributed by atoms with E-state index in [2.05, 4.69) is 0 Å². The normalized spacial score (nSPS) is 16.1. The van der Waals surface area contributed by atoms with E-state index >= 15 is 0 Å². The van der Waals surface area contributed by atoms with Gasteiger partial charge in [-0.3, -0.25) is 0 Å². The van der Waals surface area contributed by atoms with Gasteiger partial charge in [0.1, 0.15) is 10.7 Å². The fourth-order valence-electron chi connectivity index (χ4n) is 2.35. The fourth-order valence-corrected chi connectivity index (χ4v) is 4.16. The van der Waals surface area contributed by atoms with Gasteiger partial charge in [0.25, 0.3) is 0 Å². The summed E-state index contributed by atoms with van der Waals surface area (Å²) in [7, 11) is -2.11. The first-order chi connectivity index (χ1) is 9.55. The SMILES string of the molecule is COc1ccc2c(c1)S(=O)(=O)C(c1ccccc1)=C2N. The number of fused-ring (bicyclic) bond motifs is 1. The van der Waals surface area contributed by atoms with E-state index in [0.29, 0.717) is 16.9 Å². The van der Waals surface area contributed by atoms with Crippen LogP contribution in [0.2, 0.25) is 0 Å². The van der Waals surface area contributed by atoms with Gasteiger partial charge in [0.05, 0.1) is 17.7 Å². The molecule has 102 valence electrons. The third-order valence-corrected chi connectivity index (χ3v) is 5.23. The number of nitrogens with two attached hydrogens (primary N) is 1. The first-order valence-corrected chi connectivity index (χ1v) is 7.52. The predicted molar refractivity (Wildman–Crippen MR) is 77.6 cm³/mol. The Morgan fingerprint density at radius 2 is 1.75 bits per heavy atom. The molecule has 2 aromatic carbocycles. The molecule has 2 N–H and O–H groups in total. The zero-order valence-electron chi connectivity index (χ0n) is 10.8. The van der Waals surface area contributed by atoms with Crippen molar-refractivity contribution in [2.45, 2.75) is 4.90 Å². The molecule has 0 saturated heterocycles. The minimum absolute atomic E-state index is 0.168. The summed E-state index contributed by atoms with van der Waals surface area (Å²) in [4.78, 5) is 0.370. The highest BCUT2D eigenvalue weighted by molar-refractivity contribution is 8.01. The van der Waals surface area contributed by atoms with Crippen LogP contribution >= 0.6 is 0 Å². The van der Waals surface area contributed by atoms with Gasteiger partial charge < -0.3 is 10.5 Å². The Bertz CT molecular complexity index is 808. The second-order valence-electron chi connectivity index (χ2n) is 4.47. The van der Waals surface area contributed by atoms with E-state index in [0.717, 1.165) is 0 Å². The average molecular weight is 287 g/mol. The highest BCUT2D eigenvalue weighted by atomic mass is 32.2. The van der Waals surface area contributed by atoms with Crippen molar-refractivity contribution in [2.24, 2.45) is 5.73 Å². The summed E-state index contributed by atoms with van der Waals surface area (Å²) < 4.78 is 30.4. The summed E-state index contributed by atoms with van der Waals surface area (Å²) in [6.07, 6.45) is 0. The van der Waals surface area contributed by atoms with E-state index < -0.39 is 9.84 Å². The standard InChI is InChI=1S/C15H13NO3S/c1-19-11-7-8-12-13(9-11)20(17,18)15(14(12)16)10-5-3-2-4-6-10/h2-9H,16H2,1H3. The lowest BCUT2D eigenvalue weighted by Gasteiger charge is -2.05. The minimum atomic E-state index is -3.61. The van der Waals surface area contributed by atoms with Crippen molar-refractivity contribution >= 4 is 20.4 Å². The molecule has 0 saturated carbocycles. The van der Waals surface area contributed by atoms with Gasteiger partial charge in [0, 0.05) is 5.56 Å². The molecule has 0 aromatic heterocycles. The Hall–Kier alpha value is -2.27. The Kier molecular flexibility index (Phi) is 2.79. The van der Waals surface area contributed by atoms with Crippen LogP contribution in [0, 0.1) is 0 Å². The van der Waals surface area contributed by atoms with Gasteiger partial charge in [-0.2, -0.15) is 0 Å². The summed E-state index contributed by atoms with van der Waals surface area (Å²) in [5.41, 5.74) is 7.46. The van der Waals surface area contributed by atoms with E-state index in [-0.39, 0.29) is 15.5 Å². The molecular formula is C15H13NO3S. The molecule has 1 heterocycles. The summed E-state index contributed by atoms with van der Waals surface area (Å²) in [5.74, 6) is 0.495. The smallest absolute Gasteiger partial charge is 0.210 e. The molecule has 0 spiro atoms. The maximum Gasteiger partial charge on any atom is 0.210 e. The van der Waals surface area contributed by atoms with Gasteiger partial charge in [-0.25, -0.2) is 8.42 Å². The van der Waals surface area contributed by atoms with Crippen LogP contribution in [0.5, 0.6) is 5.75 Å². The largest absolute Gasteiger partial charge is 0.497 e. The molecule has 0 amide bonds. The molecular weight excluding hydrogens is 274 g/mol.